The second-order valence-corrected chi connectivity index (χ2v) is 6.14. The zero-order chi connectivity index (χ0) is 15.1. The van der Waals surface area contributed by atoms with Crippen LogP contribution in [0, 0.1) is 5.82 Å². The van der Waals surface area contributed by atoms with Gasteiger partial charge in [-0.05, 0) is 39.8 Å². The lowest BCUT2D eigenvalue weighted by Gasteiger charge is -2.32. The van der Waals surface area contributed by atoms with Crippen LogP contribution >= 0.6 is 11.6 Å². The van der Waals surface area contributed by atoms with E-state index in [-0.39, 0.29) is 10.5 Å². The van der Waals surface area contributed by atoms with E-state index < -0.39 is 24.1 Å². The molecule has 2 rings (SSSR count). The fourth-order valence-electron chi connectivity index (χ4n) is 1.90. The van der Waals surface area contributed by atoms with Crippen LogP contribution in [0.5, 0.6) is 0 Å². The summed E-state index contributed by atoms with van der Waals surface area (Å²) in [6, 6.07) is 2.61. The van der Waals surface area contributed by atoms with Gasteiger partial charge in [0, 0.05) is 11.0 Å². The molecule has 0 unspecified atom stereocenters. The van der Waals surface area contributed by atoms with Crippen LogP contribution < -0.4 is 5.46 Å². The first-order chi connectivity index (χ1) is 9.18. The molecule has 0 saturated carbocycles. The molecule has 1 heterocycles. The van der Waals surface area contributed by atoms with Crippen molar-refractivity contribution < 1.29 is 18.9 Å². The van der Waals surface area contributed by atoms with Gasteiger partial charge in [-0.3, -0.25) is 0 Å². The number of oxime groups is 1. The number of benzene rings is 1. The summed E-state index contributed by atoms with van der Waals surface area (Å²) in [5.74, 6) is -0.524. The number of halogens is 2. The van der Waals surface area contributed by atoms with E-state index in [0.29, 0.717) is 5.56 Å². The summed E-state index contributed by atoms with van der Waals surface area (Å²) in [7, 11) is -0.830. The second-order valence-electron chi connectivity index (χ2n) is 5.73. The fraction of sp³-hybridized carbons (Fsp3) is 0.462. The van der Waals surface area contributed by atoms with Crippen LogP contribution in [0.1, 0.15) is 33.3 Å². The molecule has 0 bridgehead atoms. The maximum Gasteiger partial charge on any atom is 0.497 e. The van der Waals surface area contributed by atoms with Gasteiger partial charge < -0.3 is 14.5 Å². The maximum absolute atomic E-state index is 14.1. The van der Waals surface area contributed by atoms with Crippen molar-refractivity contribution in [3.05, 3.63) is 28.5 Å². The summed E-state index contributed by atoms with van der Waals surface area (Å²) in [6.07, 6.45) is 1.14. The van der Waals surface area contributed by atoms with Gasteiger partial charge in [0.15, 0.2) is 0 Å². The molecule has 7 heteroatoms. The van der Waals surface area contributed by atoms with Crippen LogP contribution in [0.15, 0.2) is 17.3 Å². The summed E-state index contributed by atoms with van der Waals surface area (Å²) in [4.78, 5) is 0. The van der Waals surface area contributed by atoms with Gasteiger partial charge in [-0.2, -0.15) is 0 Å². The van der Waals surface area contributed by atoms with Crippen molar-refractivity contribution in [2.24, 2.45) is 5.16 Å². The monoisotopic (exact) mass is 299 g/mol. The zero-order valence-electron chi connectivity index (χ0n) is 11.8. The normalized spacial score (nSPS) is 20.8. The topological polar surface area (TPSA) is 51.0 Å². The quantitative estimate of drug-likeness (QED) is 0.395. The van der Waals surface area contributed by atoms with Crippen LogP contribution in [0.4, 0.5) is 4.39 Å². The Morgan fingerprint density at radius 2 is 1.80 bits per heavy atom. The van der Waals surface area contributed by atoms with Gasteiger partial charge in [-0.15, -0.1) is 0 Å². The smallest absolute Gasteiger partial charge is 0.411 e. The van der Waals surface area contributed by atoms with E-state index in [1.54, 1.807) is 0 Å². The molecule has 108 valence electrons. The Hall–Kier alpha value is -1.11. The fourth-order valence-corrected chi connectivity index (χ4v) is 2.09. The molecule has 0 aliphatic carbocycles. The van der Waals surface area contributed by atoms with Gasteiger partial charge in [-0.1, -0.05) is 16.8 Å². The largest absolute Gasteiger partial charge is 0.497 e. The molecular formula is C13H16BClFNO3. The lowest BCUT2D eigenvalue weighted by molar-refractivity contribution is 0.00578. The molecule has 1 saturated heterocycles. The lowest BCUT2D eigenvalue weighted by Crippen LogP contribution is -2.41. The van der Waals surface area contributed by atoms with Crippen molar-refractivity contribution in [3.63, 3.8) is 0 Å². The molecule has 4 nitrogen and oxygen atoms in total. The van der Waals surface area contributed by atoms with Crippen LogP contribution in [0.2, 0.25) is 5.02 Å². The number of rotatable bonds is 2. The van der Waals surface area contributed by atoms with E-state index in [1.807, 2.05) is 27.7 Å². The third kappa shape index (κ3) is 2.55. The Balaban J connectivity index is 2.42. The molecule has 0 amide bonds. The number of hydrogen-bond acceptors (Lipinski definition) is 4. The third-order valence-corrected chi connectivity index (χ3v) is 4.15. The van der Waals surface area contributed by atoms with Crippen molar-refractivity contribution in [1.82, 2.24) is 0 Å². The molecule has 1 fully saturated rings. The number of nitrogens with zero attached hydrogens (tertiary/aromatic N) is 1. The van der Waals surface area contributed by atoms with Crippen molar-refractivity contribution in [2.45, 2.75) is 38.9 Å². The van der Waals surface area contributed by atoms with Crippen molar-refractivity contribution in [2.75, 3.05) is 0 Å². The highest BCUT2D eigenvalue weighted by atomic mass is 35.5. The van der Waals surface area contributed by atoms with Crippen LogP contribution in [0.25, 0.3) is 0 Å². The highest BCUT2D eigenvalue weighted by Crippen LogP contribution is 2.36. The predicted molar refractivity (Wildman–Crippen MR) is 76.5 cm³/mol. The van der Waals surface area contributed by atoms with E-state index in [1.165, 1.54) is 6.07 Å². The Morgan fingerprint density at radius 3 is 2.30 bits per heavy atom. The van der Waals surface area contributed by atoms with E-state index in [2.05, 4.69) is 5.16 Å². The van der Waals surface area contributed by atoms with E-state index in [4.69, 9.17) is 26.1 Å². The molecule has 0 aromatic heterocycles. The van der Waals surface area contributed by atoms with E-state index in [9.17, 15) is 4.39 Å². The molecule has 1 aromatic rings. The lowest BCUT2D eigenvalue weighted by atomic mass is 9.78. The van der Waals surface area contributed by atoms with E-state index >= 15 is 0 Å². The molecule has 0 spiro atoms. The van der Waals surface area contributed by atoms with Gasteiger partial charge in [0.1, 0.15) is 5.82 Å². The van der Waals surface area contributed by atoms with Crippen molar-refractivity contribution >= 4 is 30.4 Å². The Kier molecular flexibility index (Phi) is 3.84. The molecule has 1 aliphatic heterocycles. The van der Waals surface area contributed by atoms with E-state index in [0.717, 1.165) is 12.3 Å². The molecule has 1 aliphatic rings. The Labute approximate surface area is 122 Å². The van der Waals surface area contributed by atoms with Gasteiger partial charge in [0.05, 0.1) is 22.4 Å². The van der Waals surface area contributed by atoms with Gasteiger partial charge >= 0.3 is 7.12 Å². The average molecular weight is 300 g/mol. The summed E-state index contributed by atoms with van der Waals surface area (Å²) >= 11 is 5.88. The van der Waals surface area contributed by atoms with Gasteiger partial charge in [0.2, 0.25) is 0 Å². The first-order valence-electron chi connectivity index (χ1n) is 6.20. The summed E-state index contributed by atoms with van der Waals surface area (Å²) in [6.45, 7) is 7.54. The molecule has 1 aromatic carbocycles. The van der Waals surface area contributed by atoms with Crippen molar-refractivity contribution in [3.8, 4) is 0 Å². The van der Waals surface area contributed by atoms with Crippen LogP contribution in [-0.4, -0.2) is 29.7 Å². The molecular weight excluding hydrogens is 283 g/mol. The summed E-state index contributed by atoms with van der Waals surface area (Å²) in [5.41, 5.74) is -0.507. The Morgan fingerprint density at radius 1 is 1.25 bits per heavy atom. The van der Waals surface area contributed by atoms with Crippen LogP contribution in [-0.2, 0) is 9.31 Å². The minimum Gasteiger partial charge on any atom is -0.411 e. The molecule has 0 atom stereocenters. The highest BCUT2D eigenvalue weighted by molar-refractivity contribution is 6.62. The molecule has 20 heavy (non-hydrogen) atoms. The second kappa shape index (κ2) is 5.02. The Bertz CT molecular complexity index is 547. The first kappa shape index (κ1) is 15.3. The summed E-state index contributed by atoms with van der Waals surface area (Å²) < 4.78 is 25.7. The number of hydrogen-bond donors (Lipinski definition) is 1. The van der Waals surface area contributed by atoms with Crippen LogP contribution in [0.3, 0.4) is 0 Å². The summed E-state index contributed by atoms with van der Waals surface area (Å²) in [5, 5.41) is 11.7. The maximum atomic E-state index is 14.1. The van der Waals surface area contributed by atoms with Gasteiger partial charge in [0.25, 0.3) is 0 Å². The average Bonchev–Trinajstić information content (AvgIpc) is 2.52. The third-order valence-electron chi connectivity index (χ3n) is 3.82. The van der Waals surface area contributed by atoms with Gasteiger partial charge in [-0.25, -0.2) is 4.39 Å². The standard InChI is InChI=1S/C13H16BClFNO3/c1-12(2)13(3,4)20-14(19-12)9-5-8(7-17-18)10(15)6-11(9)16/h5-7,18H,1-4H3. The molecule has 1 N–H and O–H groups in total. The molecule has 0 radical (unpaired) electrons. The van der Waals surface area contributed by atoms with Crippen molar-refractivity contribution in [1.29, 1.82) is 0 Å². The highest BCUT2D eigenvalue weighted by Gasteiger charge is 2.52. The minimum absolute atomic E-state index is 0.153. The SMILES string of the molecule is CC1(C)OB(c2cc(C=NO)c(Cl)cc2F)OC1(C)C. The predicted octanol–water partition coefficient (Wildman–Crippen LogP) is 2.59. The zero-order valence-corrected chi connectivity index (χ0v) is 12.5. The first-order valence-corrected chi connectivity index (χ1v) is 6.58. The minimum atomic E-state index is -0.830.